The van der Waals surface area contributed by atoms with Gasteiger partial charge in [0.25, 0.3) is 0 Å². The normalized spacial score (nSPS) is 12.5. The van der Waals surface area contributed by atoms with Crippen LogP contribution in [0.3, 0.4) is 0 Å². The molecule has 1 aromatic carbocycles. The molecule has 0 saturated heterocycles. The zero-order valence-corrected chi connectivity index (χ0v) is 9.10. The molecule has 0 aromatic heterocycles. The molecular weight excluding hydrogens is 245 g/mol. The van der Waals surface area contributed by atoms with E-state index in [1.54, 1.807) is 19.1 Å². The van der Waals surface area contributed by atoms with Crippen molar-refractivity contribution in [2.75, 3.05) is 5.75 Å². The van der Waals surface area contributed by atoms with Crippen LogP contribution < -0.4 is 4.18 Å². The van der Waals surface area contributed by atoms with E-state index in [2.05, 4.69) is 4.18 Å². The number of hydrogen-bond donors (Lipinski definition) is 0. The molecule has 1 rings (SSSR count). The Labute approximate surface area is 91.0 Å². The third kappa shape index (κ3) is 4.52. The average molecular weight is 254 g/mol. The van der Waals surface area contributed by atoms with Gasteiger partial charge in [0.15, 0.2) is 5.75 Å². The SMILES string of the molecule is Cc1ccc(OS(=O)(=O)CC(F)(F)F)cc1. The quantitative estimate of drug-likeness (QED) is 0.777. The Balaban J connectivity index is 2.77. The van der Waals surface area contributed by atoms with Gasteiger partial charge in [0.2, 0.25) is 0 Å². The van der Waals surface area contributed by atoms with E-state index in [4.69, 9.17) is 0 Å². The van der Waals surface area contributed by atoms with Crippen LogP contribution in [0.2, 0.25) is 0 Å². The number of benzene rings is 1. The minimum Gasteiger partial charge on any atom is -0.382 e. The Bertz CT molecular complexity index is 448. The molecule has 7 heteroatoms. The van der Waals surface area contributed by atoms with Crippen molar-refractivity contribution < 1.29 is 25.8 Å². The first-order chi connectivity index (χ1) is 7.18. The first kappa shape index (κ1) is 12.8. The zero-order chi connectivity index (χ0) is 12.4. The molecule has 16 heavy (non-hydrogen) atoms. The van der Waals surface area contributed by atoms with Crippen molar-refractivity contribution in [3.05, 3.63) is 29.8 Å². The molecule has 0 amide bonds. The van der Waals surface area contributed by atoms with E-state index in [0.717, 1.165) is 5.56 Å². The highest BCUT2D eigenvalue weighted by Crippen LogP contribution is 2.20. The van der Waals surface area contributed by atoms with Crippen molar-refractivity contribution in [3.8, 4) is 5.75 Å². The summed E-state index contributed by atoms with van der Waals surface area (Å²) in [5.74, 6) is -2.12. The van der Waals surface area contributed by atoms with E-state index in [9.17, 15) is 21.6 Å². The van der Waals surface area contributed by atoms with Gasteiger partial charge in [-0.1, -0.05) is 17.7 Å². The number of rotatable bonds is 3. The van der Waals surface area contributed by atoms with Gasteiger partial charge in [0.1, 0.15) is 5.75 Å². The predicted molar refractivity (Wildman–Crippen MR) is 51.6 cm³/mol. The van der Waals surface area contributed by atoms with Crippen LogP contribution in [0.15, 0.2) is 24.3 Å². The summed E-state index contributed by atoms with van der Waals surface area (Å²) >= 11 is 0. The van der Waals surface area contributed by atoms with Gasteiger partial charge < -0.3 is 4.18 Å². The first-order valence-electron chi connectivity index (χ1n) is 4.23. The van der Waals surface area contributed by atoms with Crippen LogP contribution in [0.1, 0.15) is 5.56 Å². The maximum atomic E-state index is 11.9. The molecule has 0 aliphatic rings. The number of hydrogen-bond acceptors (Lipinski definition) is 3. The monoisotopic (exact) mass is 254 g/mol. The lowest BCUT2D eigenvalue weighted by molar-refractivity contribution is -0.107. The van der Waals surface area contributed by atoms with E-state index in [1.165, 1.54) is 12.1 Å². The van der Waals surface area contributed by atoms with Crippen LogP contribution in [0, 0.1) is 6.92 Å². The van der Waals surface area contributed by atoms with Gasteiger partial charge in [0, 0.05) is 0 Å². The lowest BCUT2D eigenvalue weighted by Gasteiger charge is -2.09. The Morgan fingerprint density at radius 3 is 2.12 bits per heavy atom. The van der Waals surface area contributed by atoms with Gasteiger partial charge in [-0.05, 0) is 19.1 Å². The minimum atomic E-state index is -4.80. The highest BCUT2D eigenvalue weighted by atomic mass is 32.2. The Morgan fingerprint density at radius 1 is 1.19 bits per heavy atom. The summed E-state index contributed by atoms with van der Waals surface area (Å²) in [5.41, 5.74) is 0.848. The van der Waals surface area contributed by atoms with Crippen LogP contribution >= 0.6 is 0 Å². The van der Waals surface area contributed by atoms with Crippen molar-refractivity contribution in [3.63, 3.8) is 0 Å². The summed E-state index contributed by atoms with van der Waals surface area (Å²) in [4.78, 5) is 0. The lowest BCUT2D eigenvalue weighted by Crippen LogP contribution is -2.26. The fourth-order valence-electron chi connectivity index (χ4n) is 0.970. The van der Waals surface area contributed by atoms with E-state index < -0.39 is 22.0 Å². The fraction of sp³-hybridized carbons (Fsp3) is 0.333. The molecule has 0 aliphatic heterocycles. The third-order valence-corrected chi connectivity index (χ3v) is 2.71. The van der Waals surface area contributed by atoms with Crippen molar-refractivity contribution in [1.29, 1.82) is 0 Å². The largest absolute Gasteiger partial charge is 0.406 e. The molecule has 0 fully saturated rings. The molecule has 0 unspecified atom stereocenters. The summed E-state index contributed by atoms with van der Waals surface area (Å²) in [6, 6.07) is 5.67. The van der Waals surface area contributed by atoms with Gasteiger partial charge in [-0.3, -0.25) is 0 Å². The Morgan fingerprint density at radius 2 is 1.69 bits per heavy atom. The summed E-state index contributed by atoms with van der Waals surface area (Å²) in [7, 11) is -4.63. The van der Waals surface area contributed by atoms with E-state index in [1.807, 2.05) is 0 Å². The summed E-state index contributed by atoms with van der Waals surface area (Å²) in [5, 5.41) is 0. The molecule has 1 aromatic rings. The Kier molecular flexibility index (Phi) is 3.47. The van der Waals surface area contributed by atoms with Gasteiger partial charge in [0.05, 0.1) is 0 Å². The average Bonchev–Trinajstić information content (AvgIpc) is 2.04. The van der Waals surface area contributed by atoms with Crippen LogP contribution in [0.25, 0.3) is 0 Å². The molecule has 0 heterocycles. The maximum Gasteiger partial charge on any atom is 0.406 e. The van der Waals surface area contributed by atoms with E-state index >= 15 is 0 Å². The fourth-order valence-corrected chi connectivity index (χ4v) is 1.83. The smallest absolute Gasteiger partial charge is 0.382 e. The van der Waals surface area contributed by atoms with Gasteiger partial charge >= 0.3 is 16.3 Å². The summed E-state index contributed by atoms with van der Waals surface area (Å²) in [6.07, 6.45) is -4.80. The first-order valence-corrected chi connectivity index (χ1v) is 5.81. The maximum absolute atomic E-state index is 11.9. The van der Waals surface area contributed by atoms with Crippen molar-refractivity contribution in [1.82, 2.24) is 0 Å². The van der Waals surface area contributed by atoms with Gasteiger partial charge in [-0.2, -0.15) is 21.6 Å². The second-order valence-corrected chi connectivity index (χ2v) is 4.78. The second kappa shape index (κ2) is 4.32. The van der Waals surface area contributed by atoms with Gasteiger partial charge in [-0.25, -0.2) is 0 Å². The second-order valence-electron chi connectivity index (χ2n) is 3.21. The molecule has 0 spiro atoms. The molecule has 0 bridgehead atoms. The molecular formula is C9H9F3O3S. The zero-order valence-electron chi connectivity index (χ0n) is 8.28. The highest BCUT2D eigenvalue weighted by Gasteiger charge is 2.36. The van der Waals surface area contributed by atoms with Crippen LogP contribution in [-0.2, 0) is 10.1 Å². The molecule has 0 radical (unpaired) electrons. The molecule has 0 aliphatic carbocycles. The molecule has 3 nitrogen and oxygen atoms in total. The molecule has 0 N–H and O–H groups in total. The van der Waals surface area contributed by atoms with Crippen molar-refractivity contribution >= 4 is 10.1 Å². The van der Waals surface area contributed by atoms with Crippen LogP contribution in [-0.4, -0.2) is 20.3 Å². The predicted octanol–water partition coefficient (Wildman–Crippen LogP) is 2.27. The van der Waals surface area contributed by atoms with Crippen LogP contribution in [0.4, 0.5) is 13.2 Å². The standard InChI is InChI=1S/C9H9F3O3S/c1-7-2-4-8(5-3-7)15-16(13,14)6-9(10,11)12/h2-5H,6H2,1H3. The topological polar surface area (TPSA) is 43.4 Å². The summed E-state index contributed by atoms with van der Waals surface area (Å²) in [6.45, 7) is 1.76. The highest BCUT2D eigenvalue weighted by molar-refractivity contribution is 7.87. The molecule has 0 saturated carbocycles. The number of alkyl halides is 3. The van der Waals surface area contributed by atoms with E-state index in [-0.39, 0.29) is 5.75 Å². The van der Waals surface area contributed by atoms with Crippen LogP contribution in [0.5, 0.6) is 5.75 Å². The third-order valence-electron chi connectivity index (χ3n) is 1.58. The molecule has 0 atom stereocenters. The van der Waals surface area contributed by atoms with Crippen molar-refractivity contribution in [2.24, 2.45) is 0 Å². The van der Waals surface area contributed by atoms with E-state index in [0.29, 0.717) is 0 Å². The molecule has 90 valence electrons. The van der Waals surface area contributed by atoms with Crippen molar-refractivity contribution in [2.45, 2.75) is 13.1 Å². The lowest BCUT2D eigenvalue weighted by atomic mass is 10.2. The number of halogens is 3. The summed E-state index contributed by atoms with van der Waals surface area (Å²) < 4.78 is 61.8. The minimum absolute atomic E-state index is 0.130. The van der Waals surface area contributed by atoms with Gasteiger partial charge in [-0.15, -0.1) is 0 Å². The number of aryl methyl sites for hydroxylation is 1. The Hall–Kier alpha value is -1.24.